The van der Waals surface area contributed by atoms with Crippen LogP contribution in [-0.2, 0) is 0 Å². The van der Waals surface area contributed by atoms with Crippen molar-refractivity contribution in [2.24, 2.45) is 0 Å². The van der Waals surface area contributed by atoms with Crippen LogP contribution in [0, 0.1) is 0 Å². The number of nitrogens with one attached hydrogen (secondary N) is 1. The van der Waals surface area contributed by atoms with Gasteiger partial charge < -0.3 is 15.0 Å². The molecule has 0 aliphatic carbocycles. The molecule has 0 aromatic heterocycles. The van der Waals surface area contributed by atoms with Gasteiger partial charge in [-0.3, -0.25) is 4.79 Å². The maximum absolute atomic E-state index is 12.0. The normalized spacial score (nSPS) is 16.1. The third-order valence-electron chi connectivity index (χ3n) is 4.57. The number of rotatable bonds is 9. The summed E-state index contributed by atoms with van der Waals surface area (Å²) in [4.78, 5) is 14.5. The van der Waals surface area contributed by atoms with Crippen molar-refractivity contribution < 1.29 is 9.53 Å². The molecule has 0 radical (unpaired) electrons. The molecule has 2 rings (SSSR count). The molecule has 0 bridgehead atoms. The first kappa shape index (κ1) is 18.9. The van der Waals surface area contributed by atoms with Crippen LogP contribution in [0.3, 0.4) is 0 Å². The topological polar surface area (TPSA) is 41.6 Å². The van der Waals surface area contributed by atoms with E-state index in [1.807, 2.05) is 24.3 Å². The largest absolute Gasteiger partial charge is 0.488 e. The molecule has 0 unspecified atom stereocenters. The SMILES string of the molecule is CCCCC(=O)c1ccc(OC(C)(C)CCN2CCNCC2)cc1. The van der Waals surface area contributed by atoms with E-state index in [0.717, 1.165) is 63.3 Å². The summed E-state index contributed by atoms with van der Waals surface area (Å²) >= 11 is 0. The van der Waals surface area contributed by atoms with E-state index in [9.17, 15) is 4.79 Å². The van der Waals surface area contributed by atoms with Crippen LogP contribution in [0.4, 0.5) is 0 Å². The number of ketones is 1. The summed E-state index contributed by atoms with van der Waals surface area (Å²) in [6.45, 7) is 11.8. The number of unbranched alkanes of at least 4 members (excludes halogenated alkanes) is 1. The second kappa shape index (κ2) is 9.19. The molecule has 1 N–H and O–H groups in total. The highest BCUT2D eigenvalue weighted by atomic mass is 16.5. The Morgan fingerprint density at radius 2 is 1.88 bits per heavy atom. The van der Waals surface area contributed by atoms with Crippen molar-refractivity contribution in [2.75, 3.05) is 32.7 Å². The molecule has 0 spiro atoms. The molecule has 0 amide bonds. The van der Waals surface area contributed by atoms with Crippen LogP contribution in [0.1, 0.15) is 56.8 Å². The summed E-state index contributed by atoms with van der Waals surface area (Å²) in [5, 5.41) is 3.38. The van der Waals surface area contributed by atoms with Gasteiger partial charge in [-0.15, -0.1) is 0 Å². The fourth-order valence-corrected chi connectivity index (χ4v) is 2.92. The van der Waals surface area contributed by atoms with Crippen LogP contribution in [0.15, 0.2) is 24.3 Å². The predicted octanol–water partition coefficient (Wildman–Crippen LogP) is 3.51. The average Bonchev–Trinajstić information content (AvgIpc) is 2.59. The number of carbonyl (C=O) groups excluding carboxylic acids is 1. The van der Waals surface area contributed by atoms with Gasteiger partial charge in [0, 0.05) is 44.7 Å². The Bertz CT molecular complexity index is 505. The first-order valence-corrected chi connectivity index (χ1v) is 9.25. The first-order valence-electron chi connectivity index (χ1n) is 9.25. The molecular weight excluding hydrogens is 300 g/mol. The lowest BCUT2D eigenvalue weighted by atomic mass is 10.0. The standard InChI is InChI=1S/C20H32N2O2/c1-4-5-6-19(23)17-7-9-18(10-8-17)24-20(2,3)11-14-22-15-12-21-13-16-22/h7-10,21H,4-6,11-16H2,1-3H3. The van der Waals surface area contributed by atoms with Crippen molar-refractivity contribution >= 4 is 5.78 Å². The zero-order chi connectivity index (χ0) is 17.4. The molecule has 4 heteroatoms. The Kier molecular flexibility index (Phi) is 7.25. The summed E-state index contributed by atoms with van der Waals surface area (Å²) in [6.07, 6.45) is 3.63. The zero-order valence-corrected chi connectivity index (χ0v) is 15.4. The van der Waals surface area contributed by atoms with Crippen molar-refractivity contribution in [2.45, 2.75) is 52.1 Å². The summed E-state index contributed by atoms with van der Waals surface area (Å²) in [5.74, 6) is 1.06. The van der Waals surface area contributed by atoms with Gasteiger partial charge in [0.05, 0.1) is 0 Å². The Hall–Kier alpha value is -1.39. The third kappa shape index (κ3) is 6.25. The molecular formula is C20H32N2O2. The molecule has 1 aromatic rings. The smallest absolute Gasteiger partial charge is 0.162 e. The van der Waals surface area contributed by atoms with Gasteiger partial charge in [0.15, 0.2) is 5.78 Å². The second-order valence-electron chi connectivity index (χ2n) is 7.25. The number of ether oxygens (including phenoxy) is 1. The number of hydrogen-bond donors (Lipinski definition) is 1. The van der Waals surface area contributed by atoms with Crippen LogP contribution < -0.4 is 10.1 Å². The van der Waals surface area contributed by atoms with Gasteiger partial charge in [-0.2, -0.15) is 0 Å². The van der Waals surface area contributed by atoms with E-state index in [-0.39, 0.29) is 11.4 Å². The van der Waals surface area contributed by atoms with Crippen LogP contribution in [0.2, 0.25) is 0 Å². The lowest BCUT2D eigenvalue weighted by molar-refractivity contribution is 0.0809. The number of hydrogen-bond acceptors (Lipinski definition) is 4. The first-order chi connectivity index (χ1) is 11.5. The van der Waals surface area contributed by atoms with Gasteiger partial charge in [-0.05, 0) is 51.0 Å². The van der Waals surface area contributed by atoms with Gasteiger partial charge in [0.25, 0.3) is 0 Å². The molecule has 0 saturated carbocycles. The molecule has 1 heterocycles. The van der Waals surface area contributed by atoms with Gasteiger partial charge in [0.2, 0.25) is 0 Å². The molecule has 1 aromatic carbocycles. The average molecular weight is 332 g/mol. The van der Waals surface area contributed by atoms with Gasteiger partial charge in [-0.25, -0.2) is 0 Å². The minimum Gasteiger partial charge on any atom is -0.488 e. The van der Waals surface area contributed by atoms with E-state index in [1.54, 1.807) is 0 Å². The molecule has 1 saturated heterocycles. The lowest BCUT2D eigenvalue weighted by Crippen LogP contribution is -2.45. The molecule has 4 nitrogen and oxygen atoms in total. The second-order valence-corrected chi connectivity index (χ2v) is 7.25. The molecule has 1 aliphatic rings. The maximum Gasteiger partial charge on any atom is 0.162 e. The minimum atomic E-state index is -0.210. The summed E-state index contributed by atoms with van der Waals surface area (Å²) in [7, 11) is 0. The van der Waals surface area contributed by atoms with E-state index < -0.39 is 0 Å². The zero-order valence-electron chi connectivity index (χ0n) is 15.4. The number of Topliss-reactive ketones (excluding diaryl/α,β-unsaturated/α-hetero) is 1. The highest BCUT2D eigenvalue weighted by molar-refractivity contribution is 5.96. The van der Waals surface area contributed by atoms with Crippen LogP contribution >= 0.6 is 0 Å². The van der Waals surface area contributed by atoms with E-state index in [0.29, 0.717) is 6.42 Å². The number of benzene rings is 1. The van der Waals surface area contributed by atoms with E-state index in [1.165, 1.54) is 0 Å². The quantitative estimate of drug-likeness (QED) is 0.703. The van der Waals surface area contributed by atoms with Crippen LogP contribution in [0.5, 0.6) is 5.75 Å². The molecule has 134 valence electrons. The summed E-state index contributed by atoms with van der Waals surface area (Å²) in [5.41, 5.74) is 0.577. The highest BCUT2D eigenvalue weighted by Gasteiger charge is 2.22. The number of piperazine rings is 1. The van der Waals surface area contributed by atoms with E-state index in [4.69, 9.17) is 4.74 Å². The fourth-order valence-electron chi connectivity index (χ4n) is 2.92. The maximum atomic E-state index is 12.0. The van der Waals surface area contributed by atoms with Crippen LogP contribution in [-0.4, -0.2) is 49.0 Å². The molecule has 0 atom stereocenters. The van der Waals surface area contributed by atoms with Gasteiger partial charge >= 0.3 is 0 Å². The van der Waals surface area contributed by atoms with E-state index >= 15 is 0 Å². The van der Waals surface area contributed by atoms with Crippen molar-refractivity contribution in [1.29, 1.82) is 0 Å². The minimum absolute atomic E-state index is 0.210. The number of nitrogens with zero attached hydrogens (tertiary/aromatic N) is 1. The number of carbonyl (C=O) groups is 1. The predicted molar refractivity (Wildman–Crippen MR) is 98.9 cm³/mol. The van der Waals surface area contributed by atoms with Crippen molar-refractivity contribution in [3.63, 3.8) is 0 Å². The van der Waals surface area contributed by atoms with Gasteiger partial charge in [-0.1, -0.05) is 13.3 Å². The Morgan fingerprint density at radius 1 is 1.21 bits per heavy atom. The summed E-state index contributed by atoms with van der Waals surface area (Å²) < 4.78 is 6.16. The Morgan fingerprint density at radius 3 is 2.50 bits per heavy atom. The molecule has 1 aliphatic heterocycles. The molecule has 1 fully saturated rings. The monoisotopic (exact) mass is 332 g/mol. The van der Waals surface area contributed by atoms with Crippen molar-refractivity contribution in [3.05, 3.63) is 29.8 Å². The fraction of sp³-hybridized carbons (Fsp3) is 0.650. The highest BCUT2D eigenvalue weighted by Crippen LogP contribution is 2.22. The van der Waals surface area contributed by atoms with Gasteiger partial charge in [0.1, 0.15) is 11.4 Å². The Balaban J connectivity index is 1.83. The van der Waals surface area contributed by atoms with Crippen LogP contribution in [0.25, 0.3) is 0 Å². The van der Waals surface area contributed by atoms with Crippen molar-refractivity contribution in [1.82, 2.24) is 10.2 Å². The lowest BCUT2D eigenvalue weighted by Gasteiger charge is -2.32. The van der Waals surface area contributed by atoms with Crippen molar-refractivity contribution in [3.8, 4) is 5.75 Å². The Labute approximate surface area is 146 Å². The third-order valence-corrected chi connectivity index (χ3v) is 4.57. The summed E-state index contributed by atoms with van der Waals surface area (Å²) in [6, 6.07) is 7.62. The molecule has 24 heavy (non-hydrogen) atoms. The van der Waals surface area contributed by atoms with E-state index in [2.05, 4.69) is 31.0 Å².